The van der Waals surface area contributed by atoms with Crippen molar-refractivity contribution >= 4 is 16.7 Å². The molecule has 2 rings (SSSR count). The van der Waals surface area contributed by atoms with Crippen LogP contribution in [0.25, 0.3) is 11.0 Å². The van der Waals surface area contributed by atoms with Crippen molar-refractivity contribution in [3.63, 3.8) is 0 Å². The normalized spacial score (nSPS) is 11.1. The molecule has 2 aromatic rings. The third-order valence-electron chi connectivity index (χ3n) is 2.37. The molecule has 0 aliphatic heterocycles. The number of nitrogens with two attached hydrogens (primary N) is 1. The van der Waals surface area contributed by atoms with Gasteiger partial charge in [0.05, 0.1) is 16.7 Å². The molecule has 0 fully saturated rings. The second-order valence-electron chi connectivity index (χ2n) is 3.27. The molecule has 0 radical (unpaired) electrons. The summed E-state index contributed by atoms with van der Waals surface area (Å²) in [6, 6.07) is 3.01. The highest BCUT2D eigenvalue weighted by Gasteiger charge is 2.08. The first-order valence-electron chi connectivity index (χ1n) is 4.55. The second-order valence-corrected chi connectivity index (χ2v) is 3.27. The molecule has 0 saturated carbocycles. The molecular formula is C10H12FN3. The van der Waals surface area contributed by atoms with Crippen molar-refractivity contribution in [2.75, 3.05) is 5.73 Å². The standard InChI is InChI=1S/C10H12FN3/c1-3-14-6(2)13-9-4-7(11)8(12)5-10(9)14/h4-5H,3,12H2,1-2H3. The highest BCUT2D eigenvalue weighted by Crippen LogP contribution is 2.21. The fraction of sp³-hybridized carbons (Fsp3) is 0.300. The van der Waals surface area contributed by atoms with Crippen molar-refractivity contribution < 1.29 is 4.39 Å². The third kappa shape index (κ3) is 1.14. The molecule has 74 valence electrons. The minimum absolute atomic E-state index is 0.173. The summed E-state index contributed by atoms with van der Waals surface area (Å²) < 4.78 is 15.1. The van der Waals surface area contributed by atoms with Crippen LogP contribution in [0, 0.1) is 12.7 Å². The lowest BCUT2D eigenvalue weighted by Crippen LogP contribution is -1.97. The van der Waals surface area contributed by atoms with Gasteiger partial charge in [0.1, 0.15) is 11.6 Å². The zero-order chi connectivity index (χ0) is 10.3. The van der Waals surface area contributed by atoms with E-state index in [0.717, 1.165) is 17.9 Å². The summed E-state index contributed by atoms with van der Waals surface area (Å²) in [5.74, 6) is 0.478. The van der Waals surface area contributed by atoms with Crippen LogP contribution in [-0.4, -0.2) is 9.55 Å². The van der Waals surface area contributed by atoms with Gasteiger partial charge in [0.15, 0.2) is 0 Å². The number of nitrogen functional groups attached to an aromatic ring is 1. The maximum absolute atomic E-state index is 13.1. The quantitative estimate of drug-likeness (QED) is 0.705. The molecule has 0 atom stereocenters. The largest absolute Gasteiger partial charge is 0.396 e. The number of fused-ring (bicyclic) bond motifs is 1. The Morgan fingerprint density at radius 1 is 1.50 bits per heavy atom. The monoisotopic (exact) mass is 193 g/mol. The molecule has 0 unspecified atom stereocenters. The van der Waals surface area contributed by atoms with Crippen LogP contribution in [0.15, 0.2) is 12.1 Å². The summed E-state index contributed by atoms with van der Waals surface area (Å²) in [7, 11) is 0. The van der Waals surface area contributed by atoms with Crippen LogP contribution in [0.5, 0.6) is 0 Å². The molecule has 3 nitrogen and oxygen atoms in total. The van der Waals surface area contributed by atoms with Crippen LogP contribution in [0.2, 0.25) is 0 Å². The number of aromatic nitrogens is 2. The average Bonchev–Trinajstić information content (AvgIpc) is 2.42. The lowest BCUT2D eigenvalue weighted by molar-refractivity contribution is 0.634. The van der Waals surface area contributed by atoms with E-state index in [2.05, 4.69) is 4.98 Å². The number of imidazole rings is 1. The van der Waals surface area contributed by atoms with Crippen LogP contribution in [0.1, 0.15) is 12.7 Å². The van der Waals surface area contributed by atoms with Gasteiger partial charge in [0, 0.05) is 12.6 Å². The highest BCUT2D eigenvalue weighted by molar-refractivity contribution is 5.80. The van der Waals surface area contributed by atoms with Crippen molar-refractivity contribution in [3.8, 4) is 0 Å². The summed E-state index contributed by atoms with van der Waals surface area (Å²) in [6.07, 6.45) is 0. The minimum atomic E-state index is -0.404. The zero-order valence-corrected chi connectivity index (χ0v) is 8.21. The Bertz CT molecular complexity index is 488. The smallest absolute Gasteiger partial charge is 0.148 e. The van der Waals surface area contributed by atoms with E-state index in [-0.39, 0.29) is 5.69 Å². The van der Waals surface area contributed by atoms with Gasteiger partial charge in [-0.05, 0) is 19.9 Å². The number of rotatable bonds is 1. The van der Waals surface area contributed by atoms with Gasteiger partial charge in [-0.1, -0.05) is 0 Å². The van der Waals surface area contributed by atoms with Crippen molar-refractivity contribution in [3.05, 3.63) is 23.8 Å². The van der Waals surface area contributed by atoms with E-state index in [1.807, 2.05) is 18.4 Å². The Kier molecular flexibility index (Phi) is 1.91. The summed E-state index contributed by atoms with van der Waals surface area (Å²) in [5, 5.41) is 0. The number of hydrogen-bond donors (Lipinski definition) is 1. The van der Waals surface area contributed by atoms with Crippen molar-refractivity contribution in [2.24, 2.45) is 0 Å². The number of benzene rings is 1. The van der Waals surface area contributed by atoms with E-state index in [9.17, 15) is 4.39 Å². The molecule has 0 amide bonds. The minimum Gasteiger partial charge on any atom is -0.396 e. The van der Waals surface area contributed by atoms with Gasteiger partial charge in [-0.2, -0.15) is 0 Å². The number of aryl methyl sites for hydroxylation is 2. The maximum Gasteiger partial charge on any atom is 0.148 e. The molecule has 1 heterocycles. The number of halogens is 1. The van der Waals surface area contributed by atoms with Crippen LogP contribution in [0.3, 0.4) is 0 Å². The number of nitrogens with zero attached hydrogens (tertiary/aromatic N) is 2. The van der Waals surface area contributed by atoms with Gasteiger partial charge in [0.25, 0.3) is 0 Å². The highest BCUT2D eigenvalue weighted by atomic mass is 19.1. The SMILES string of the molecule is CCn1c(C)nc2cc(F)c(N)cc21. The van der Waals surface area contributed by atoms with E-state index >= 15 is 0 Å². The summed E-state index contributed by atoms with van der Waals surface area (Å²) >= 11 is 0. The van der Waals surface area contributed by atoms with Crippen LogP contribution in [-0.2, 0) is 6.54 Å². The Labute approximate surface area is 81.4 Å². The van der Waals surface area contributed by atoms with Crippen LogP contribution in [0.4, 0.5) is 10.1 Å². The van der Waals surface area contributed by atoms with E-state index in [1.54, 1.807) is 6.07 Å². The molecule has 1 aromatic heterocycles. The van der Waals surface area contributed by atoms with E-state index in [0.29, 0.717) is 5.52 Å². The zero-order valence-electron chi connectivity index (χ0n) is 8.21. The lowest BCUT2D eigenvalue weighted by atomic mass is 10.2. The fourth-order valence-corrected chi connectivity index (χ4v) is 1.68. The molecule has 0 aliphatic carbocycles. The Morgan fingerprint density at radius 2 is 2.21 bits per heavy atom. The first kappa shape index (κ1) is 8.99. The summed E-state index contributed by atoms with van der Waals surface area (Å²) in [6.45, 7) is 4.73. The molecule has 4 heteroatoms. The van der Waals surface area contributed by atoms with E-state index in [4.69, 9.17) is 5.73 Å². The van der Waals surface area contributed by atoms with Gasteiger partial charge in [-0.3, -0.25) is 0 Å². The van der Waals surface area contributed by atoms with Gasteiger partial charge in [-0.25, -0.2) is 9.37 Å². The summed E-state index contributed by atoms with van der Waals surface area (Å²) in [4.78, 5) is 4.25. The van der Waals surface area contributed by atoms with Crippen molar-refractivity contribution in [1.82, 2.24) is 9.55 Å². The predicted molar refractivity (Wildman–Crippen MR) is 54.5 cm³/mol. The Balaban J connectivity index is 2.82. The van der Waals surface area contributed by atoms with Crippen LogP contribution >= 0.6 is 0 Å². The van der Waals surface area contributed by atoms with E-state index in [1.165, 1.54) is 6.07 Å². The van der Waals surface area contributed by atoms with Crippen LogP contribution < -0.4 is 5.73 Å². The Hall–Kier alpha value is -1.58. The van der Waals surface area contributed by atoms with Gasteiger partial charge in [-0.15, -0.1) is 0 Å². The first-order chi connectivity index (χ1) is 6.63. The molecule has 0 spiro atoms. The molecule has 14 heavy (non-hydrogen) atoms. The molecular weight excluding hydrogens is 181 g/mol. The van der Waals surface area contributed by atoms with Crippen molar-refractivity contribution in [2.45, 2.75) is 20.4 Å². The van der Waals surface area contributed by atoms with Gasteiger partial charge in [0.2, 0.25) is 0 Å². The maximum atomic E-state index is 13.1. The first-order valence-corrected chi connectivity index (χ1v) is 4.55. The topological polar surface area (TPSA) is 43.8 Å². The molecule has 0 saturated heterocycles. The summed E-state index contributed by atoms with van der Waals surface area (Å²) in [5.41, 5.74) is 7.23. The molecule has 0 aliphatic rings. The van der Waals surface area contributed by atoms with E-state index < -0.39 is 5.82 Å². The number of hydrogen-bond acceptors (Lipinski definition) is 2. The molecule has 2 N–H and O–H groups in total. The third-order valence-corrected chi connectivity index (χ3v) is 2.37. The Morgan fingerprint density at radius 3 is 2.86 bits per heavy atom. The average molecular weight is 193 g/mol. The molecule has 1 aromatic carbocycles. The lowest BCUT2D eigenvalue weighted by Gasteiger charge is -2.02. The number of anilines is 1. The van der Waals surface area contributed by atoms with Gasteiger partial charge >= 0.3 is 0 Å². The second kappa shape index (κ2) is 2.97. The predicted octanol–water partition coefficient (Wildman–Crippen LogP) is 2.09. The fourth-order valence-electron chi connectivity index (χ4n) is 1.68. The van der Waals surface area contributed by atoms with Gasteiger partial charge < -0.3 is 10.3 Å². The molecule has 0 bridgehead atoms. The van der Waals surface area contributed by atoms with Crippen molar-refractivity contribution in [1.29, 1.82) is 0 Å².